The number of carbonyl (C=O) groups is 3. The van der Waals surface area contributed by atoms with Crippen LogP contribution >= 0.6 is 0 Å². The summed E-state index contributed by atoms with van der Waals surface area (Å²) in [4.78, 5) is 39.5. The number of piperazine rings is 1. The SMILES string of the molecule is O=C(O)c1ccccc1C(=O)N1CCN(C(=O)COc2ccccc2)CC1. The molecule has 2 amide bonds. The lowest BCUT2D eigenvalue weighted by atomic mass is 10.1. The average molecular weight is 368 g/mol. The molecule has 1 fully saturated rings. The molecule has 1 saturated heterocycles. The van der Waals surface area contributed by atoms with Gasteiger partial charge in [-0.2, -0.15) is 0 Å². The monoisotopic (exact) mass is 368 g/mol. The molecule has 7 nitrogen and oxygen atoms in total. The Bertz CT molecular complexity index is 829. The van der Waals surface area contributed by atoms with Crippen LogP contribution in [0.25, 0.3) is 0 Å². The third-order valence-electron chi connectivity index (χ3n) is 4.41. The van der Waals surface area contributed by atoms with Crippen LogP contribution in [0.3, 0.4) is 0 Å². The highest BCUT2D eigenvalue weighted by atomic mass is 16.5. The summed E-state index contributed by atoms with van der Waals surface area (Å²) in [6, 6.07) is 15.2. The fraction of sp³-hybridized carbons (Fsp3) is 0.250. The molecule has 0 radical (unpaired) electrons. The minimum Gasteiger partial charge on any atom is -0.484 e. The Balaban J connectivity index is 1.55. The number of carboxylic acids is 1. The van der Waals surface area contributed by atoms with Crippen molar-refractivity contribution in [2.75, 3.05) is 32.8 Å². The van der Waals surface area contributed by atoms with Crippen LogP contribution in [0, 0.1) is 0 Å². The van der Waals surface area contributed by atoms with Crippen molar-refractivity contribution < 1.29 is 24.2 Å². The summed E-state index contributed by atoms with van der Waals surface area (Å²) in [5.74, 6) is -0.978. The average Bonchev–Trinajstić information content (AvgIpc) is 2.72. The van der Waals surface area contributed by atoms with Gasteiger partial charge in [0.2, 0.25) is 0 Å². The van der Waals surface area contributed by atoms with Crippen molar-refractivity contribution in [3.05, 3.63) is 65.7 Å². The molecular weight excluding hydrogens is 348 g/mol. The van der Waals surface area contributed by atoms with Crippen LogP contribution in [0.2, 0.25) is 0 Å². The Labute approximate surface area is 156 Å². The molecule has 0 unspecified atom stereocenters. The van der Waals surface area contributed by atoms with E-state index >= 15 is 0 Å². The number of aromatic carboxylic acids is 1. The second kappa shape index (κ2) is 8.35. The van der Waals surface area contributed by atoms with E-state index in [1.807, 2.05) is 18.2 Å². The van der Waals surface area contributed by atoms with Gasteiger partial charge in [0.05, 0.1) is 11.1 Å². The van der Waals surface area contributed by atoms with E-state index in [1.165, 1.54) is 12.1 Å². The lowest BCUT2D eigenvalue weighted by Gasteiger charge is -2.35. The van der Waals surface area contributed by atoms with Gasteiger partial charge in [-0.25, -0.2) is 4.79 Å². The highest BCUT2D eigenvalue weighted by Gasteiger charge is 2.27. The van der Waals surface area contributed by atoms with Gasteiger partial charge < -0.3 is 19.6 Å². The zero-order valence-corrected chi connectivity index (χ0v) is 14.7. The molecule has 2 aromatic rings. The van der Waals surface area contributed by atoms with E-state index in [-0.39, 0.29) is 29.5 Å². The Morgan fingerprint density at radius 3 is 2.00 bits per heavy atom. The topological polar surface area (TPSA) is 87.2 Å². The van der Waals surface area contributed by atoms with Crippen molar-refractivity contribution in [3.63, 3.8) is 0 Å². The lowest BCUT2D eigenvalue weighted by molar-refractivity contribution is -0.134. The summed E-state index contributed by atoms with van der Waals surface area (Å²) in [6.07, 6.45) is 0. The van der Waals surface area contributed by atoms with Crippen molar-refractivity contribution >= 4 is 17.8 Å². The number of para-hydroxylation sites is 1. The van der Waals surface area contributed by atoms with E-state index in [9.17, 15) is 19.5 Å². The molecule has 1 aliphatic heterocycles. The molecule has 1 aliphatic rings. The molecule has 0 atom stereocenters. The Morgan fingerprint density at radius 1 is 0.815 bits per heavy atom. The highest BCUT2D eigenvalue weighted by Crippen LogP contribution is 2.14. The van der Waals surface area contributed by atoms with Gasteiger partial charge in [-0.3, -0.25) is 9.59 Å². The molecular formula is C20H20N2O5. The molecule has 0 aliphatic carbocycles. The van der Waals surface area contributed by atoms with E-state index < -0.39 is 5.97 Å². The third kappa shape index (κ3) is 4.44. The summed E-state index contributed by atoms with van der Waals surface area (Å²) in [5.41, 5.74) is 0.148. The maximum Gasteiger partial charge on any atom is 0.336 e. The maximum atomic E-state index is 12.6. The van der Waals surface area contributed by atoms with E-state index in [2.05, 4.69) is 0 Å². The second-order valence-corrected chi connectivity index (χ2v) is 6.13. The predicted octanol–water partition coefficient (Wildman–Crippen LogP) is 1.75. The maximum absolute atomic E-state index is 12.6. The molecule has 0 saturated carbocycles. The van der Waals surface area contributed by atoms with Crippen LogP contribution in [0.4, 0.5) is 0 Å². The molecule has 27 heavy (non-hydrogen) atoms. The van der Waals surface area contributed by atoms with Crippen molar-refractivity contribution in [1.82, 2.24) is 9.80 Å². The van der Waals surface area contributed by atoms with Gasteiger partial charge in [0.15, 0.2) is 6.61 Å². The van der Waals surface area contributed by atoms with Gasteiger partial charge in [-0.15, -0.1) is 0 Å². The number of nitrogens with zero attached hydrogens (tertiary/aromatic N) is 2. The summed E-state index contributed by atoms with van der Waals surface area (Å²) in [5, 5.41) is 9.24. The van der Waals surface area contributed by atoms with Gasteiger partial charge in [-0.05, 0) is 24.3 Å². The molecule has 3 rings (SSSR count). The lowest BCUT2D eigenvalue weighted by Crippen LogP contribution is -2.51. The number of hydrogen-bond donors (Lipinski definition) is 1. The first kappa shape index (κ1) is 18.4. The fourth-order valence-electron chi connectivity index (χ4n) is 2.94. The summed E-state index contributed by atoms with van der Waals surface area (Å²) < 4.78 is 5.47. The number of carbonyl (C=O) groups excluding carboxylic acids is 2. The largest absolute Gasteiger partial charge is 0.484 e. The van der Waals surface area contributed by atoms with E-state index in [0.717, 1.165) is 0 Å². The number of amides is 2. The fourth-order valence-corrected chi connectivity index (χ4v) is 2.94. The van der Waals surface area contributed by atoms with Crippen LogP contribution < -0.4 is 4.74 Å². The normalized spacial score (nSPS) is 13.9. The Hall–Kier alpha value is -3.35. The zero-order valence-electron chi connectivity index (χ0n) is 14.7. The predicted molar refractivity (Wildman–Crippen MR) is 97.8 cm³/mol. The minimum absolute atomic E-state index is 0.0164. The molecule has 0 bridgehead atoms. The smallest absolute Gasteiger partial charge is 0.336 e. The Morgan fingerprint density at radius 2 is 1.37 bits per heavy atom. The third-order valence-corrected chi connectivity index (χ3v) is 4.41. The van der Waals surface area contributed by atoms with Gasteiger partial charge >= 0.3 is 5.97 Å². The van der Waals surface area contributed by atoms with Crippen molar-refractivity contribution in [3.8, 4) is 5.75 Å². The molecule has 1 N–H and O–H groups in total. The number of rotatable bonds is 5. The van der Waals surface area contributed by atoms with E-state index in [1.54, 1.807) is 34.1 Å². The molecule has 0 aromatic heterocycles. The summed E-state index contributed by atoms with van der Waals surface area (Å²) in [7, 11) is 0. The second-order valence-electron chi connectivity index (χ2n) is 6.13. The standard InChI is InChI=1S/C20H20N2O5/c23-18(14-27-15-6-2-1-3-7-15)21-10-12-22(13-11-21)19(24)16-8-4-5-9-17(16)20(25)26/h1-9H,10-14H2,(H,25,26). The van der Waals surface area contributed by atoms with Crippen LogP contribution in [0.1, 0.15) is 20.7 Å². The van der Waals surface area contributed by atoms with Crippen LogP contribution in [-0.4, -0.2) is 65.5 Å². The van der Waals surface area contributed by atoms with Gasteiger partial charge in [0.1, 0.15) is 5.75 Å². The minimum atomic E-state index is -1.13. The number of ether oxygens (including phenoxy) is 1. The molecule has 1 heterocycles. The summed E-state index contributed by atoms with van der Waals surface area (Å²) in [6.45, 7) is 1.42. The molecule has 140 valence electrons. The first-order chi connectivity index (χ1) is 13.1. The molecule has 7 heteroatoms. The Kier molecular flexibility index (Phi) is 5.71. The van der Waals surface area contributed by atoms with E-state index in [0.29, 0.717) is 31.9 Å². The van der Waals surface area contributed by atoms with Crippen molar-refractivity contribution in [2.45, 2.75) is 0 Å². The first-order valence-corrected chi connectivity index (χ1v) is 8.63. The number of carboxylic acid groups (broad SMARTS) is 1. The van der Waals surface area contributed by atoms with Crippen LogP contribution in [0.15, 0.2) is 54.6 Å². The highest BCUT2D eigenvalue weighted by molar-refractivity contribution is 6.04. The van der Waals surface area contributed by atoms with Crippen LogP contribution in [0.5, 0.6) is 5.75 Å². The van der Waals surface area contributed by atoms with Gasteiger partial charge in [0.25, 0.3) is 11.8 Å². The quantitative estimate of drug-likeness (QED) is 0.869. The van der Waals surface area contributed by atoms with Crippen molar-refractivity contribution in [1.29, 1.82) is 0 Å². The van der Waals surface area contributed by atoms with Crippen LogP contribution in [-0.2, 0) is 4.79 Å². The number of benzene rings is 2. The first-order valence-electron chi connectivity index (χ1n) is 8.63. The zero-order chi connectivity index (χ0) is 19.2. The van der Waals surface area contributed by atoms with Crippen molar-refractivity contribution in [2.24, 2.45) is 0 Å². The summed E-state index contributed by atoms with van der Waals surface area (Å²) >= 11 is 0. The molecule has 2 aromatic carbocycles. The molecule has 0 spiro atoms. The van der Waals surface area contributed by atoms with E-state index in [4.69, 9.17) is 4.74 Å². The number of hydrogen-bond acceptors (Lipinski definition) is 4. The van der Waals surface area contributed by atoms with Gasteiger partial charge in [0, 0.05) is 26.2 Å². The van der Waals surface area contributed by atoms with Gasteiger partial charge in [-0.1, -0.05) is 30.3 Å².